The van der Waals surface area contributed by atoms with Crippen LogP contribution in [0.3, 0.4) is 0 Å². The van der Waals surface area contributed by atoms with E-state index in [4.69, 9.17) is 23.2 Å². The van der Waals surface area contributed by atoms with E-state index in [9.17, 15) is 8.42 Å². The number of para-hydroxylation sites is 1. The lowest BCUT2D eigenvalue weighted by Gasteiger charge is -2.08. The summed E-state index contributed by atoms with van der Waals surface area (Å²) < 4.78 is 26.7. The third-order valence-corrected chi connectivity index (χ3v) is 6.04. The molecule has 3 aromatic rings. The summed E-state index contributed by atoms with van der Waals surface area (Å²) in [5, 5.41) is 7.82. The lowest BCUT2D eigenvalue weighted by Crippen LogP contribution is -2.15. The van der Waals surface area contributed by atoms with Crippen molar-refractivity contribution in [1.82, 2.24) is 14.4 Å². The first-order chi connectivity index (χ1) is 9.91. The third kappa shape index (κ3) is 2.44. The maximum absolute atomic E-state index is 12.7. The number of rotatable bonds is 2. The van der Waals surface area contributed by atoms with Crippen molar-refractivity contribution >= 4 is 60.2 Å². The maximum atomic E-state index is 12.7. The SMILES string of the molecule is O=S(=O)(c1cc(Cl)c(Br)cc1Cl)n1nnc2ccccc21. The van der Waals surface area contributed by atoms with Crippen LogP contribution in [0.25, 0.3) is 11.0 Å². The number of nitrogens with zero attached hydrogens (tertiary/aromatic N) is 3. The second kappa shape index (κ2) is 5.24. The molecule has 0 saturated heterocycles. The average molecular weight is 407 g/mol. The summed E-state index contributed by atoms with van der Waals surface area (Å²) in [5.41, 5.74) is 0.841. The van der Waals surface area contributed by atoms with Crippen molar-refractivity contribution in [2.75, 3.05) is 0 Å². The molecule has 0 aliphatic carbocycles. The molecule has 0 saturated carbocycles. The van der Waals surface area contributed by atoms with E-state index in [1.807, 2.05) is 0 Å². The van der Waals surface area contributed by atoms with E-state index in [-0.39, 0.29) is 14.9 Å². The largest absolute Gasteiger partial charge is 0.286 e. The quantitative estimate of drug-likeness (QED) is 0.608. The predicted octanol–water partition coefficient (Wildman–Crippen LogP) is 3.74. The van der Waals surface area contributed by atoms with Crippen molar-refractivity contribution in [2.24, 2.45) is 0 Å². The minimum atomic E-state index is -3.99. The van der Waals surface area contributed by atoms with E-state index in [2.05, 4.69) is 26.2 Å². The molecule has 5 nitrogen and oxygen atoms in total. The molecular formula is C12H6BrCl2N3O2S. The average Bonchev–Trinajstić information content (AvgIpc) is 2.87. The lowest BCUT2D eigenvalue weighted by molar-refractivity contribution is 0.579. The first-order valence-electron chi connectivity index (χ1n) is 5.62. The molecule has 9 heteroatoms. The molecule has 0 unspecified atom stereocenters. The van der Waals surface area contributed by atoms with E-state index in [1.54, 1.807) is 24.3 Å². The van der Waals surface area contributed by atoms with Gasteiger partial charge >= 0.3 is 0 Å². The molecule has 1 heterocycles. The molecule has 0 atom stereocenters. The van der Waals surface area contributed by atoms with E-state index >= 15 is 0 Å². The highest BCUT2D eigenvalue weighted by molar-refractivity contribution is 9.10. The van der Waals surface area contributed by atoms with Gasteiger partial charge in [-0.05, 0) is 40.2 Å². The van der Waals surface area contributed by atoms with Crippen molar-refractivity contribution in [1.29, 1.82) is 0 Å². The maximum Gasteiger partial charge on any atom is 0.286 e. The molecule has 21 heavy (non-hydrogen) atoms. The summed E-state index contributed by atoms with van der Waals surface area (Å²) in [6.45, 7) is 0. The summed E-state index contributed by atoms with van der Waals surface area (Å²) in [4.78, 5) is -0.131. The molecule has 2 aromatic carbocycles. The van der Waals surface area contributed by atoms with Gasteiger partial charge in [0, 0.05) is 4.47 Å². The zero-order valence-electron chi connectivity index (χ0n) is 10.2. The van der Waals surface area contributed by atoms with Crippen molar-refractivity contribution in [3.63, 3.8) is 0 Å². The van der Waals surface area contributed by atoms with Crippen LogP contribution in [0.15, 0.2) is 45.8 Å². The first kappa shape index (κ1) is 14.8. The monoisotopic (exact) mass is 405 g/mol. The fourth-order valence-electron chi connectivity index (χ4n) is 1.82. The molecule has 3 rings (SSSR count). The van der Waals surface area contributed by atoms with Crippen LogP contribution in [0.2, 0.25) is 10.0 Å². The minimum Gasteiger partial charge on any atom is -0.199 e. The molecule has 0 bridgehead atoms. The molecule has 0 N–H and O–H groups in total. The number of aromatic nitrogens is 3. The van der Waals surface area contributed by atoms with Gasteiger partial charge in [-0.25, -0.2) is 0 Å². The van der Waals surface area contributed by atoms with Gasteiger partial charge in [-0.1, -0.05) is 40.5 Å². The normalized spacial score (nSPS) is 12.0. The molecule has 0 radical (unpaired) electrons. The van der Waals surface area contributed by atoms with Crippen molar-refractivity contribution in [2.45, 2.75) is 4.90 Å². The smallest absolute Gasteiger partial charge is 0.199 e. The van der Waals surface area contributed by atoms with E-state index in [0.29, 0.717) is 15.5 Å². The molecule has 1 aromatic heterocycles. The van der Waals surface area contributed by atoms with Crippen LogP contribution in [0.4, 0.5) is 0 Å². The van der Waals surface area contributed by atoms with Crippen LogP contribution in [0, 0.1) is 0 Å². The van der Waals surface area contributed by atoms with Crippen LogP contribution in [-0.2, 0) is 10.0 Å². The summed E-state index contributed by atoms with van der Waals surface area (Å²) >= 11 is 15.2. The molecule has 0 amide bonds. The Balaban J connectivity index is 2.29. The Morgan fingerprint density at radius 3 is 2.57 bits per heavy atom. The number of fused-ring (bicyclic) bond motifs is 1. The first-order valence-corrected chi connectivity index (χ1v) is 8.61. The van der Waals surface area contributed by atoms with Gasteiger partial charge in [0.05, 0.1) is 10.0 Å². The molecule has 0 spiro atoms. The van der Waals surface area contributed by atoms with E-state index < -0.39 is 10.0 Å². The van der Waals surface area contributed by atoms with Crippen molar-refractivity contribution in [3.05, 3.63) is 50.9 Å². The van der Waals surface area contributed by atoms with Gasteiger partial charge in [0.15, 0.2) is 0 Å². The van der Waals surface area contributed by atoms with Crippen LogP contribution >= 0.6 is 39.1 Å². The summed E-state index contributed by atoms with van der Waals surface area (Å²) in [7, 11) is -3.99. The Morgan fingerprint density at radius 2 is 1.81 bits per heavy atom. The summed E-state index contributed by atoms with van der Waals surface area (Å²) in [5.74, 6) is 0. The fraction of sp³-hybridized carbons (Fsp3) is 0. The van der Waals surface area contributed by atoms with Gasteiger partial charge in [-0.2, -0.15) is 8.42 Å². The molecule has 0 fully saturated rings. The summed E-state index contributed by atoms with van der Waals surface area (Å²) in [6.07, 6.45) is 0. The van der Waals surface area contributed by atoms with Gasteiger partial charge in [0.1, 0.15) is 15.9 Å². The number of hydrogen-bond donors (Lipinski definition) is 0. The Hall–Kier alpha value is -1.15. The second-order valence-corrected chi connectivity index (χ2v) is 7.53. The lowest BCUT2D eigenvalue weighted by atomic mass is 10.3. The Morgan fingerprint density at radius 1 is 1.10 bits per heavy atom. The Bertz CT molecular complexity index is 956. The topological polar surface area (TPSA) is 64.8 Å². The van der Waals surface area contributed by atoms with Gasteiger partial charge in [-0.3, -0.25) is 0 Å². The fourth-order valence-corrected chi connectivity index (χ4v) is 4.28. The van der Waals surface area contributed by atoms with E-state index in [0.717, 1.165) is 4.09 Å². The van der Waals surface area contributed by atoms with E-state index in [1.165, 1.54) is 12.1 Å². The number of hydrogen-bond acceptors (Lipinski definition) is 4. The molecule has 108 valence electrons. The highest BCUT2D eigenvalue weighted by atomic mass is 79.9. The van der Waals surface area contributed by atoms with Crippen LogP contribution in [-0.4, -0.2) is 22.8 Å². The van der Waals surface area contributed by atoms with Gasteiger partial charge in [-0.15, -0.1) is 9.19 Å². The van der Waals surface area contributed by atoms with Gasteiger partial charge in [0.2, 0.25) is 0 Å². The number of benzene rings is 2. The van der Waals surface area contributed by atoms with Crippen LogP contribution < -0.4 is 0 Å². The van der Waals surface area contributed by atoms with Gasteiger partial charge < -0.3 is 0 Å². The third-order valence-electron chi connectivity index (χ3n) is 2.80. The Labute approximate surface area is 138 Å². The van der Waals surface area contributed by atoms with Crippen molar-refractivity contribution < 1.29 is 8.42 Å². The standard InChI is InChI=1S/C12H6BrCl2N3O2S/c13-7-5-9(15)12(6-8(7)14)21(19,20)18-11-4-2-1-3-10(11)16-17-18/h1-6H. The predicted molar refractivity (Wildman–Crippen MR) is 84.3 cm³/mol. The zero-order valence-corrected chi connectivity index (χ0v) is 14.1. The van der Waals surface area contributed by atoms with Crippen molar-refractivity contribution in [3.8, 4) is 0 Å². The summed E-state index contributed by atoms with van der Waals surface area (Å²) in [6, 6.07) is 9.44. The Kier molecular flexibility index (Phi) is 3.69. The number of halogens is 3. The zero-order chi connectivity index (χ0) is 15.2. The minimum absolute atomic E-state index is 0.0471. The highest BCUT2D eigenvalue weighted by Crippen LogP contribution is 2.33. The second-order valence-electron chi connectivity index (χ2n) is 4.12. The van der Waals surface area contributed by atoms with Crippen LogP contribution in [0.5, 0.6) is 0 Å². The molecule has 0 aliphatic rings. The molecule has 0 aliphatic heterocycles. The van der Waals surface area contributed by atoms with Gasteiger partial charge in [0.25, 0.3) is 10.0 Å². The molecular weight excluding hydrogens is 401 g/mol. The highest BCUT2D eigenvalue weighted by Gasteiger charge is 2.25. The van der Waals surface area contributed by atoms with Crippen LogP contribution in [0.1, 0.15) is 0 Å².